The Labute approximate surface area is 245 Å². The Hall–Kier alpha value is -2.25. The van der Waals surface area contributed by atoms with E-state index in [1.54, 1.807) is 12.1 Å². The Morgan fingerprint density at radius 2 is 0.783 bits per heavy atom. The maximum atomic E-state index is 14.7. The van der Waals surface area contributed by atoms with Crippen LogP contribution in [-0.2, 0) is 6.42 Å². The van der Waals surface area contributed by atoms with E-state index in [4.69, 9.17) is 0 Å². The minimum Gasteiger partial charge on any atom is -0.199 e. The van der Waals surface area contributed by atoms with E-state index in [1.165, 1.54) is 12.1 Å². The van der Waals surface area contributed by atoms with Crippen molar-refractivity contribution in [1.29, 1.82) is 0 Å². The molecule has 21 heteroatoms. The van der Waals surface area contributed by atoms with E-state index in [-0.39, 0.29) is 0 Å². The molecule has 1 aromatic carbocycles. The summed E-state index contributed by atoms with van der Waals surface area (Å²) in [7, 11) is 0. The highest BCUT2D eigenvalue weighted by molar-refractivity contribution is 5.26. The van der Waals surface area contributed by atoms with Crippen molar-refractivity contribution < 1.29 is 92.2 Å². The van der Waals surface area contributed by atoms with Crippen LogP contribution in [0.25, 0.3) is 0 Å². The van der Waals surface area contributed by atoms with Crippen molar-refractivity contribution >= 4 is 0 Å². The predicted molar refractivity (Wildman–Crippen MR) is 116 cm³/mol. The lowest BCUT2D eigenvalue weighted by atomic mass is 9.73. The first-order valence-corrected chi connectivity index (χ1v) is 12.8. The minimum absolute atomic E-state index is 0.431. The second-order valence-electron chi connectivity index (χ2n) is 10.8. The van der Waals surface area contributed by atoms with Crippen LogP contribution < -0.4 is 0 Å². The van der Waals surface area contributed by atoms with Gasteiger partial charge in [-0.25, -0.2) is 0 Å². The average molecular weight is 720 g/mol. The molecule has 0 bridgehead atoms. The van der Waals surface area contributed by atoms with E-state index >= 15 is 0 Å². The highest BCUT2D eigenvalue weighted by atomic mass is 19.4. The first kappa shape index (κ1) is 39.9. The summed E-state index contributed by atoms with van der Waals surface area (Å²) < 4.78 is 287. The summed E-state index contributed by atoms with van der Waals surface area (Å²) in [6.45, 7) is 1.84. The molecule has 0 unspecified atom stereocenters. The zero-order valence-corrected chi connectivity index (χ0v) is 22.6. The Bertz CT molecular complexity index is 1190. The summed E-state index contributed by atoms with van der Waals surface area (Å²) in [5.41, 5.74) is 1.26. The van der Waals surface area contributed by atoms with Crippen molar-refractivity contribution in [1.82, 2.24) is 0 Å². The lowest BCUT2D eigenvalue weighted by Crippen LogP contribution is -2.77. The lowest BCUT2D eigenvalue weighted by molar-refractivity contribution is -0.475. The third kappa shape index (κ3) is 5.55. The maximum absolute atomic E-state index is 14.7. The molecule has 0 aromatic heterocycles. The van der Waals surface area contributed by atoms with Crippen molar-refractivity contribution in [2.45, 2.75) is 111 Å². The number of rotatable bonds is 12. The van der Waals surface area contributed by atoms with Crippen LogP contribution in [0.15, 0.2) is 24.3 Å². The van der Waals surface area contributed by atoms with Crippen LogP contribution >= 0.6 is 0 Å². The molecule has 1 aliphatic rings. The van der Waals surface area contributed by atoms with Gasteiger partial charge in [0.1, 0.15) is 0 Å². The molecule has 1 aliphatic carbocycles. The molecule has 0 N–H and O–H groups in total. The quantitative estimate of drug-likeness (QED) is 0.189. The van der Waals surface area contributed by atoms with E-state index in [9.17, 15) is 92.2 Å². The largest absolute Gasteiger partial charge is 0.460 e. The van der Waals surface area contributed by atoms with Gasteiger partial charge in [0.2, 0.25) is 0 Å². The highest BCUT2D eigenvalue weighted by Gasteiger charge is 2.98. The van der Waals surface area contributed by atoms with Crippen molar-refractivity contribution in [3.63, 3.8) is 0 Å². The number of hydrogen-bond acceptors (Lipinski definition) is 0. The molecule has 46 heavy (non-hydrogen) atoms. The van der Waals surface area contributed by atoms with Crippen LogP contribution in [-0.4, -0.2) is 59.5 Å². The molecule has 0 nitrogen and oxygen atoms in total. The number of benzene rings is 1. The standard InChI is InChI=1S/C25H21F21/c1-2-3-12-4-6-13(7-5-12)14-8-10-15(11-9-14)16(26,27)17(28,29)18(30,31)19(32,33)20(34,35)21(36,37)22(38,39)23(40,41)24(42,43)25(44,45)46/h4-7,14-15H,2-3,8-11H2,1H3. The van der Waals surface area contributed by atoms with Gasteiger partial charge in [0.05, 0.1) is 0 Å². The summed E-state index contributed by atoms with van der Waals surface area (Å²) in [5.74, 6) is -80.3. The second kappa shape index (κ2) is 11.7. The molecule has 0 saturated heterocycles. The van der Waals surface area contributed by atoms with Gasteiger partial charge < -0.3 is 0 Å². The molecule has 0 amide bonds. The molecule has 2 rings (SSSR count). The summed E-state index contributed by atoms with van der Waals surface area (Å²) in [5, 5.41) is 0. The number of halogens is 21. The summed E-state index contributed by atoms with van der Waals surface area (Å²) in [6, 6.07) is 6.22. The van der Waals surface area contributed by atoms with Crippen LogP contribution in [0.5, 0.6) is 0 Å². The van der Waals surface area contributed by atoms with Crippen LogP contribution in [0.4, 0.5) is 92.2 Å². The molecule has 1 aromatic rings. The molecular weight excluding hydrogens is 699 g/mol. The summed E-state index contributed by atoms with van der Waals surface area (Å²) in [4.78, 5) is 0. The maximum Gasteiger partial charge on any atom is 0.460 e. The smallest absolute Gasteiger partial charge is 0.199 e. The van der Waals surface area contributed by atoms with E-state index in [2.05, 4.69) is 0 Å². The molecule has 0 radical (unpaired) electrons. The summed E-state index contributed by atoms with van der Waals surface area (Å²) in [6.07, 6.45) is -10.1. The van der Waals surface area contributed by atoms with Gasteiger partial charge in [-0.05, 0) is 49.1 Å². The van der Waals surface area contributed by atoms with E-state index in [0.29, 0.717) is 12.0 Å². The third-order valence-corrected chi connectivity index (χ3v) is 7.76. The van der Waals surface area contributed by atoms with Gasteiger partial charge in [-0.2, -0.15) is 92.2 Å². The molecule has 268 valence electrons. The fourth-order valence-electron chi connectivity index (χ4n) is 4.86. The van der Waals surface area contributed by atoms with Gasteiger partial charge >= 0.3 is 59.5 Å². The Kier molecular flexibility index (Phi) is 10.2. The Morgan fingerprint density at radius 1 is 0.457 bits per heavy atom. The van der Waals surface area contributed by atoms with Crippen molar-refractivity contribution in [2.24, 2.45) is 5.92 Å². The highest BCUT2D eigenvalue weighted by Crippen LogP contribution is 2.67. The van der Waals surface area contributed by atoms with E-state index < -0.39 is 97.0 Å². The minimum atomic E-state index is -9.15. The lowest BCUT2D eigenvalue weighted by Gasteiger charge is -2.46. The van der Waals surface area contributed by atoms with Crippen LogP contribution in [0.2, 0.25) is 0 Å². The van der Waals surface area contributed by atoms with E-state index in [1.807, 2.05) is 6.92 Å². The van der Waals surface area contributed by atoms with E-state index in [0.717, 1.165) is 12.0 Å². The molecule has 0 atom stereocenters. The van der Waals surface area contributed by atoms with Crippen LogP contribution in [0.1, 0.15) is 56.1 Å². The monoisotopic (exact) mass is 720 g/mol. The average Bonchev–Trinajstić information content (AvgIpc) is 2.92. The molecular formula is C25H21F21. The number of alkyl halides is 21. The number of aryl methyl sites for hydroxylation is 1. The van der Waals surface area contributed by atoms with Gasteiger partial charge in [0.25, 0.3) is 0 Å². The zero-order valence-electron chi connectivity index (χ0n) is 22.6. The van der Waals surface area contributed by atoms with Gasteiger partial charge in [-0.15, -0.1) is 0 Å². The first-order chi connectivity index (χ1) is 20.3. The topological polar surface area (TPSA) is 0 Å². The molecule has 0 aliphatic heterocycles. The second-order valence-corrected chi connectivity index (χ2v) is 10.8. The van der Waals surface area contributed by atoms with Crippen molar-refractivity contribution in [2.75, 3.05) is 0 Å². The summed E-state index contributed by atoms with van der Waals surface area (Å²) >= 11 is 0. The predicted octanol–water partition coefficient (Wildman–Crippen LogP) is 11.2. The normalized spacial score (nSPS) is 20.7. The fourth-order valence-corrected chi connectivity index (χ4v) is 4.86. The third-order valence-electron chi connectivity index (χ3n) is 7.76. The Morgan fingerprint density at radius 3 is 1.11 bits per heavy atom. The number of hydrogen-bond donors (Lipinski definition) is 0. The SMILES string of the molecule is CCCc1ccc(C2CCC(C(F)(F)C(F)(F)C(F)(F)C(F)(F)C(F)(F)C(F)(F)C(F)(F)C(F)(F)C(F)(F)C(F)(F)F)CC2)cc1. The van der Waals surface area contributed by atoms with Gasteiger partial charge in [-0.3, -0.25) is 0 Å². The van der Waals surface area contributed by atoms with Gasteiger partial charge in [-0.1, -0.05) is 37.6 Å². The Balaban J connectivity index is 2.45. The molecule has 0 spiro atoms. The van der Waals surface area contributed by atoms with Crippen LogP contribution in [0, 0.1) is 5.92 Å². The molecule has 1 saturated carbocycles. The first-order valence-electron chi connectivity index (χ1n) is 12.8. The van der Waals surface area contributed by atoms with Crippen molar-refractivity contribution in [3.05, 3.63) is 35.4 Å². The zero-order chi connectivity index (χ0) is 36.4. The van der Waals surface area contributed by atoms with Crippen molar-refractivity contribution in [3.8, 4) is 0 Å². The molecule has 0 heterocycles. The fraction of sp³-hybridized carbons (Fsp3) is 0.760. The molecule has 1 fully saturated rings. The van der Waals surface area contributed by atoms with Gasteiger partial charge in [0, 0.05) is 5.92 Å². The van der Waals surface area contributed by atoms with Gasteiger partial charge in [0.15, 0.2) is 0 Å². The van der Waals surface area contributed by atoms with Crippen LogP contribution in [0.3, 0.4) is 0 Å².